The lowest BCUT2D eigenvalue weighted by molar-refractivity contribution is -0.594. The highest BCUT2D eigenvalue weighted by Crippen LogP contribution is 2.65. The van der Waals surface area contributed by atoms with Gasteiger partial charge in [0.2, 0.25) is 11.7 Å². The normalized spacial score (nSPS) is 39.6. The van der Waals surface area contributed by atoms with E-state index in [1.165, 1.54) is 0 Å². The lowest BCUT2D eigenvalue weighted by Gasteiger charge is -2.49. The SMILES string of the molecule is FC(OC(F)=C(F)C1(F)OC(F)(C(F)(F)F)C(F)(F)OC1(F)C(F)(F)F)=C(F)C1(F)OC(F)(C(F)(F)F)C(F)(F)OC1(F)C(F)(F)F. The van der Waals surface area contributed by atoms with Gasteiger partial charge >= 0.3 is 84.1 Å². The van der Waals surface area contributed by atoms with Crippen molar-refractivity contribution in [3.8, 4) is 0 Å². The van der Waals surface area contributed by atoms with Gasteiger partial charge in [-0.2, -0.15) is 114 Å². The predicted molar refractivity (Wildman–Crippen MR) is 81.1 cm³/mol. The fourth-order valence-corrected chi connectivity index (χ4v) is 2.97. The Labute approximate surface area is 235 Å². The number of halogens is 26. The van der Waals surface area contributed by atoms with Crippen LogP contribution < -0.4 is 0 Å². The lowest BCUT2D eigenvalue weighted by Crippen LogP contribution is -2.76. The molecule has 0 aromatic heterocycles. The smallest absolute Gasteiger partial charge is 0.400 e. The molecule has 0 spiro atoms. The molecule has 2 saturated heterocycles. The van der Waals surface area contributed by atoms with E-state index in [0.717, 1.165) is 0 Å². The van der Waals surface area contributed by atoms with Gasteiger partial charge in [0.25, 0.3) is 0 Å². The zero-order valence-corrected chi connectivity index (χ0v) is 19.9. The molecule has 0 aromatic rings. The Morgan fingerprint density at radius 1 is 0.362 bits per heavy atom. The molecule has 276 valence electrons. The molecular formula is C16F26O5. The molecule has 2 fully saturated rings. The highest BCUT2D eigenvalue weighted by molar-refractivity contribution is 5.22. The molecule has 0 aromatic carbocycles. The summed E-state index contributed by atoms with van der Waals surface area (Å²) in [6, 6.07) is -9.82. The van der Waals surface area contributed by atoms with Crippen LogP contribution in [0.3, 0.4) is 0 Å². The van der Waals surface area contributed by atoms with Crippen molar-refractivity contribution in [2.45, 2.75) is 72.1 Å². The lowest BCUT2D eigenvalue weighted by atomic mass is 10.0. The van der Waals surface area contributed by atoms with Crippen molar-refractivity contribution in [1.82, 2.24) is 0 Å². The van der Waals surface area contributed by atoms with Crippen LogP contribution in [-0.4, -0.2) is 72.1 Å². The second-order valence-corrected chi connectivity index (χ2v) is 8.28. The van der Waals surface area contributed by atoms with Gasteiger partial charge in [0.05, 0.1) is 0 Å². The van der Waals surface area contributed by atoms with Gasteiger partial charge in [0.1, 0.15) is 0 Å². The molecule has 2 aliphatic rings. The third-order valence-corrected chi connectivity index (χ3v) is 5.22. The molecule has 5 nitrogen and oxygen atoms in total. The van der Waals surface area contributed by atoms with Crippen LogP contribution in [0.25, 0.3) is 0 Å². The number of rotatable bonds is 4. The van der Waals surface area contributed by atoms with Crippen LogP contribution in [0.5, 0.6) is 0 Å². The Morgan fingerprint density at radius 3 is 0.766 bits per heavy atom. The second-order valence-electron chi connectivity index (χ2n) is 8.28. The zero-order valence-electron chi connectivity index (χ0n) is 19.9. The summed E-state index contributed by atoms with van der Waals surface area (Å²) in [6.45, 7) is 0. The average Bonchev–Trinajstić information content (AvgIpc) is 2.82. The molecular weight excluding hydrogens is 766 g/mol. The van der Waals surface area contributed by atoms with Gasteiger partial charge in [-0.3, -0.25) is 18.9 Å². The zero-order chi connectivity index (χ0) is 37.8. The maximum Gasteiger partial charge on any atom is 0.458 e. The summed E-state index contributed by atoms with van der Waals surface area (Å²) in [7, 11) is 0. The molecule has 47 heavy (non-hydrogen) atoms. The first-order chi connectivity index (χ1) is 20.2. The second kappa shape index (κ2) is 10.4. The molecule has 2 rings (SSSR count). The number of alkyl halides is 22. The van der Waals surface area contributed by atoms with Gasteiger partial charge in [0.15, 0.2) is 0 Å². The number of ether oxygens (including phenoxy) is 5. The van der Waals surface area contributed by atoms with Crippen molar-refractivity contribution in [2.75, 3.05) is 0 Å². The fourth-order valence-electron chi connectivity index (χ4n) is 2.97. The quantitative estimate of drug-likeness (QED) is 0.212. The summed E-state index contributed by atoms with van der Waals surface area (Å²) in [5.41, 5.74) is 0. The fraction of sp³-hybridized carbons (Fsp3) is 0.750. The third kappa shape index (κ3) is 5.37. The van der Waals surface area contributed by atoms with Crippen molar-refractivity contribution in [1.29, 1.82) is 0 Å². The standard InChI is InChI=1S/C16F26O5/c17-1(5(21)7(23,11(27,28)29)46-15(39,40)9(25,44-5)13(33,34)35)3(19)43-4(20)2(18)6(22)8(24,12(30,31)32)47-16(41,42)10(26,45-6)14(36,37)38. The molecule has 0 radical (unpaired) electrons. The van der Waals surface area contributed by atoms with E-state index in [9.17, 15) is 114 Å². The number of hydrogen-bond acceptors (Lipinski definition) is 5. The van der Waals surface area contributed by atoms with E-state index in [2.05, 4.69) is 4.74 Å². The number of hydrogen-bond donors (Lipinski definition) is 0. The van der Waals surface area contributed by atoms with Crippen molar-refractivity contribution >= 4 is 0 Å². The van der Waals surface area contributed by atoms with Crippen molar-refractivity contribution in [3.63, 3.8) is 0 Å². The predicted octanol–water partition coefficient (Wildman–Crippen LogP) is 8.74. The van der Waals surface area contributed by atoms with Gasteiger partial charge in [0, 0.05) is 0 Å². The van der Waals surface area contributed by atoms with E-state index < -0.39 is 95.7 Å². The van der Waals surface area contributed by atoms with Gasteiger partial charge < -0.3 is 4.74 Å². The molecule has 31 heteroatoms. The monoisotopic (exact) mass is 766 g/mol. The molecule has 2 aliphatic heterocycles. The van der Waals surface area contributed by atoms with Crippen LogP contribution in [0.1, 0.15) is 0 Å². The topological polar surface area (TPSA) is 46.2 Å². The Balaban J connectivity index is 2.87. The molecule has 2 heterocycles. The highest BCUT2D eigenvalue weighted by Gasteiger charge is 2.93. The maximum absolute atomic E-state index is 14.7. The minimum atomic E-state index is -7.83. The van der Waals surface area contributed by atoms with E-state index in [1.807, 2.05) is 9.47 Å². The molecule has 0 bridgehead atoms. The third-order valence-electron chi connectivity index (χ3n) is 5.22. The molecule has 0 aliphatic carbocycles. The van der Waals surface area contributed by atoms with E-state index in [4.69, 9.17) is 0 Å². The first-order valence-electron chi connectivity index (χ1n) is 9.95. The van der Waals surface area contributed by atoms with Crippen LogP contribution in [0, 0.1) is 0 Å². The van der Waals surface area contributed by atoms with E-state index in [0.29, 0.717) is 0 Å². The van der Waals surface area contributed by atoms with E-state index in [-0.39, 0.29) is 0 Å². The first-order valence-corrected chi connectivity index (χ1v) is 9.95. The summed E-state index contributed by atoms with van der Waals surface area (Å²) in [5.74, 6) is -56.3. The first kappa shape index (κ1) is 40.5. The van der Waals surface area contributed by atoms with Crippen molar-refractivity contribution in [3.05, 3.63) is 23.7 Å². The van der Waals surface area contributed by atoms with Gasteiger partial charge in [-0.1, -0.05) is 0 Å². The van der Waals surface area contributed by atoms with Gasteiger partial charge in [-0.05, 0) is 0 Å². The average molecular weight is 766 g/mol. The van der Waals surface area contributed by atoms with Crippen molar-refractivity contribution < 1.29 is 138 Å². The Hall–Kier alpha value is -2.70. The Morgan fingerprint density at radius 2 is 0.574 bits per heavy atom. The van der Waals surface area contributed by atoms with Gasteiger partial charge in [-0.25, -0.2) is 0 Å². The van der Waals surface area contributed by atoms with Crippen LogP contribution in [0.2, 0.25) is 0 Å². The Kier molecular flexibility index (Phi) is 8.96. The molecule has 0 N–H and O–H groups in total. The summed E-state index contributed by atoms with van der Waals surface area (Å²) < 4.78 is 359. The minimum absolute atomic E-state index is 1.67. The van der Waals surface area contributed by atoms with Crippen molar-refractivity contribution in [2.24, 2.45) is 0 Å². The molecule has 6 unspecified atom stereocenters. The van der Waals surface area contributed by atoms with E-state index >= 15 is 0 Å². The largest absolute Gasteiger partial charge is 0.458 e. The van der Waals surface area contributed by atoms with E-state index in [1.54, 1.807) is 9.47 Å². The molecule has 0 saturated carbocycles. The van der Waals surface area contributed by atoms with Crippen LogP contribution >= 0.6 is 0 Å². The maximum atomic E-state index is 14.7. The van der Waals surface area contributed by atoms with Gasteiger partial charge in [-0.15, -0.1) is 0 Å². The highest BCUT2D eigenvalue weighted by atomic mass is 19.4. The van der Waals surface area contributed by atoms with Crippen LogP contribution in [0.4, 0.5) is 114 Å². The molecule has 6 atom stereocenters. The summed E-state index contributed by atoms with van der Waals surface area (Å²) in [5, 5.41) is 0. The summed E-state index contributed by atoms with van der Waals surface area (Å²) in [4.78, 5) is 0. The van der Waals surface area contributed by atoms with Crippen LogP contribution in [-0.2, 0) is 23.7 Å². The Bertz CT molecular complexity index is 1220. The minimum Gasteiger partial charge on any atom is -0.400 e. The summed E-state index contributed by atoms with van der Waals surface area (Å²) >= 11 is 0. The summed E-state index contributed by atoms with van der Waals surface area (Å²) in [6.07, 6.45) is -46.0. The molecule has 0 amide bonds. The van der Waals surface area contributed by atoms with Crippen LogP contribution in [0.15, 0.2) is 23.7 Å².